The zero-order valence-electron chi connectivity index (χ0n) is 13.6. The molecule has 1 unspecified atom stereocenters. The predicted molar refractivity (Wildman–Crippen MR) is 89.6 cm³/mol. The summed E-state index contributed by atoms with van der Waals surface area (Å²) < 4.78 is 0. The van der Waals surface area contributed by atoms with Crippen molar-refractivity contribution in [3.05, 3.63) is 48.5 Å². The van der Waals surface area contributed by atoms with Gasteiger partial charge in [-0.3, -0.25) is 4.99 Å². The molecule has 0 aliphatic carbocycles. The summed E-state index contributed by atoms with van der Waals surface area (Å²) >= 11 is 0. The standard InChI is InChI=1S/C18H28N2/c1-8-10-17(18(5,6)7)20-16(9-2)15-12-11-13(3)19-14(15)4/h8-10,15,19H,3-4,11-12H2,1-2,5-7H3/b10-8-,16-9-,20-17+. The zero-order chi connectivity index (χ0) is 15.3. The summed E-state index contributed by atoms with van der Waals surface area (Å²) in [6, 6.07) is 0. The van der Waals surface area contributed by atoms with Crippen LogP contribution in [0.5, 0.6) is 0 Å². The highest BCUT2D eigenvalue weighted by Gasteiger charge is 2.24. The number of allylic oxidation sites excluding steroid dienone is 4. The van der Waals surface area contributed by atoms with E-state index in [4.69, 9.17) is 4.99 Å². The van der Waals surface area contributed by atoms with Crippen molar-refractivity contribution >= 4 is 5.71 Å². The first kappa shape index (κ1) is 16.5. The monoisotopic (exact) mass is 272 g/mol. The third kappa shape index (κ3) is 4.22. The van der Waals surface area contributed by atoms with E-state index in [0.29, 0.717) is 0 Å². The van der Waals surface area contributed by atoms with Crippen LogP contribution in [0.3, 0.4) is 0 Å². The smallest absolute Gasteiger partial charge is 0.0457 e. The summed E-state index contributed by atoms with van der Waals surface area (Å²) in [7, 11) is 0. The van der Waals surface area contributed by atoms with Gasteiger partial charge in [-0.1, -0.05) is 46.1 Å². The lowest BCUT2D eigenvalue weighted by Crippen LogP contribution is -2.26. The van der Waals surface area contributed by atoms with Gasteiger partial charge in [-0.2, -0.15) is 0 Å². The fourth-order valence-corrected chi connectivity index (χ4v) is 2.29. The zero-order valence-corrected chi connectivity index (χ0v) is 13.6. The number of nitrogens with one attached hydrogen (secondary N) is 1. The molecule has 0 amide bonds. The van der Waals surface area contributed by atoms with Crippen LogP contribution in [0.2, 0.25) is 0 Å². The fourth-order valence-electron chi connectivity index (χ4n) is 2.29. The Kier molecular flexibility index (Phi) is 5.55. The molecule has 0 aromatic heterocycles. The van der Waals surface area contributed by atoms with Crippen molar-refractivity contribution in [3.63, 3.8) is 0 Å². The van der Waals surface area contributed by atoms with Crippen LogP contribution < -0.4 is 5.32 Å². The van der Waals surface area contributed by atoms with Crippen LogP contribution in [-0.2, 0) is 0 Å². The van der Waals surface area contributed by atoms with Gasteiger partial charge < -0.3 is 5.32 Å². The van der Waals surface area contributed by atoms with Gasteiger partial charge in [0.1, 0.15) is 0 Å². The van der Waals surface area contributed by atoms with Gasteiger partial charge in [0.05, 0.1) is 0 Å². The van der Waals surface area contributed by atoms with Crippen LogP contribution in [0.25, 0.3) is 0 Å². The molecule has 1 rings (SSSR count). The van der Waals surface area contributed by atoms with Gasteiger partial charge in [-0.05, 0) is 32.8 Å². The first-order valence-corrected chi connectivity index (χ1v) is 7.31. The third-order valence-corrected chi connectivity index (χ3v) is 3.49. The number of piperidine rings is 1. The van der Waals surface area contributed by atoms with E-state index in [2.05, 4.69) is 51.4 Å². The van der Waals surface area contributed by atoms with Crippen LogP contribution in [-0.4, -0.2) is 5.71 Å². The summed E-state index contributed by atoms with van der Waals surface area (Å²) in [5, 5.41) is 3.27. The minimum absolute atomic E-state index is 0.0355. The first-order valence-electron chi connectivity index (χ1n) is 7.31. The molecule has 0 saturated carbocycles. The molecule has 1 atom stereocenters. The number of aliphatic imine (C=N–C) groups is 1. The number of rotatable bonds is 3. The molecular weight excluding hydrogens is 244 g/mol. The Morgan fingerprint density at radius 3 is 2.40 bits per heavy atom. The van der Waals surface area contributed by atoms with Crippen molar-refractivity contribution in [1.29, 1.82) is 0 Å². The number of hydrogen-bond acceptors (Lipinski definition) is 2. The van der Waals surface area contributed by atoms with Gasteiger partial charge in [0.25, 0.3) is 0 Å². The van der Waals surface area contributed by atoms with Crippen molar-refractivity contribution in [2.24, 2.45) is 16.3 Å². The summed E-state index contributed by atoms with van der Waals surface area (Å²) in [5.41, 5.74) is 4.29. The summed E-state index contributed by atoms with van der Waals surface area (Å²) in [6.07, 6.45) is 8.25. The SMILES string of the molecule is C=C1CCC(C(=C/C)/N=C(\C=C/C)C(C)(C)C)C(=C)N1. The quantitative estimate of drug-likeness (QED) is 0.720. The average Bonchev–Trinajstić information content (AvgIpc) is 2.34. The molecule has 1 fully saturated rings. The van der Waals surface area contributed by atoms with E-state index in [1.165, 1.54) is 0 Å². The molecule has 0 bridgehead atoms. The van der Waals surface area contributed by atoms with Crippen molar-refractivity contribution < 1.29 is 0 Å². The van der Waals surface area contributed by atoms with E-state index in [0.717, 1.165) is 35.6 Å². The van der Waals surface area contributed by atoms with Crippen molar-refractivity contribution in [2.45, 2.75) is 47.5 Å². The molecule has 0 aromatic carbocycles. The molecule has 1 aliphatic heterocycles. The highest BCUT2D eigenvalue weighted by Crippen LogP contribution is 2.31. The topological polar surface area (TPSA) is 24.4 Å². The van der Waals surface area contributed by atoms with E-state index < -0.39 is 0 Å². The highest BCUT2D eigenvalue weighted by atomic mass is 14.9. The van der Waals surface area contributed by atoms with E-state index in [1.54, 1.807) is 0 Å². The second-order valence-corrected chi connectivity index (χ2v) is 6.31. The lowest BCUT2D eigenvalue weighted by atomic mass is 9.88. The van der Waals surface area contributed by atoms with Crippen LogP contribution >= 0.6 is 0 Å². The third-order valence-electron chi connectivity index (χ3n) is 3.49. The van der Waals surface area contributed by atoms with Crippen molar-refractivity contribution in [1.82, 2.24) is 5.32 Å². The lowest BCUT2D eigenvalue weighted by molar-refractivity contribution is 0.536. The van der Waals surface area contributed by atoms with E-state index in [9.17, 15) is 0 Å². The molecule has 0 aromatic rings. The fraction of sp³-hybridized carbons (Fsp3) is 0.500. The molecule has 2 nitrogen and oxygen atoms in total. The van der Waals surface area contributed by atoms with Crippen LogP contribution in [0.15, 0.2) is 53.5 Å². The minimum Gasteiger partial charge on any atom is -0.363 e. The van der Waals surface area contributed by atoms with Gasteiger partial charge in [-0.25, -0.2) is 0 Å². The van der Waals surface area contributed by atoms with Crippen LogP contribution in [0.1, 0.15) is 47.5 Å². The molecule has 0 spiro atoms. The minimum atomic E-state index is 0.0355. The first-order chi connectivity index (χ1) is 9.29. The maximum absolute atomic E-state index is 4.92. The van der Waals surface area contributed by atoms with Crippen LogP contribution in [0.4, 0.5) is 0 Å². The molecule has 20 heavy (non-hydrogen) atoms. The van der Waals surface area contributed by atoms with E-state index in [1.807, 2.05) is 19.9 Å². The van der Waals surface area contributed by atoms with Crippen molar-refractivity contribution in [3.8, 4) is 0 Å². The Hall–Kier alpha value is -1.57. The van der Waals surface area contributed by atoms with E-state index >= 15 is 0 Å². The van der Waals surface area contributed by atoms with Crippen LogP contribution in [0, 0.1) is 11.3 Å². The molecular formula is C18H28N2. The Morgan fingerprint density at radius 2 is 1.95 bits per heavy atom. The maximum atomic E-state index is 4.92. The Balaban J connectivity index is 3.07. The predicted octanol–water partition coefficient (Wildman–Crippen LogP) is 4.98. The Bertz CT molecular complexity index is 470. The molecule has 1 N–H and O–H groups in total. The normalized spacial score (nSPS) is 22.4. The summed E-state index contributed by atoms with van der Waals surface area (Å²) in [6.45, 7) is 18.8. The number of nitrogens with zero attached hydrogens (tertiary/aromatic N) is 1. The maximum Gasteiger partial charge on any atom is 0.0457 e. The largest absolute Gasteiger partial charge is 0.363 e. The summed E-state index contributed by atoms with van der Waals surface area (Å²) in [5.74, 6) is 0.271. The Labute approximate surface area is 124 Å². The van der Waals surface area contributed by atoms with E-state index in [-0.39, 0.29) is 11.3 Å². The van der Waals surface area contributed by atoms with Gasteiger partial charge >= 0.3 is 0 Å². The Morgan fingerprint density at radius 1 is 1.30 bits per heavy atom. The molecule has 2 heteroatoms. The van der Waals surface area contributed by atoms with Gasteiger partial charge in [0.15, 0.2) is 0 Å². The molecule has 1 heterocycles. The van der Waals surface area contributed by atoms with Gasteiger partial charge in [0, 0.05) is 34.1 Å². The second kappa shape index (κ2) is 6.74. The second-order valence-electron chi connectivity index (χ2n) is 6.31. The van der Waals surface area contributed by atoms with Gasteiger partial charge in [0.2, 0.25) is 0 Å². The molecule has 110 valence electrons. The molecule has 0 radical (unpaired) electrons. The lowest BCUT2D eigenvalue weighted by Gasteiger charge is -2.29. The summed E-state index contributed by atoms with van der Waals surface area (Å²) in [4.78, 5) is 4.92. The number of hydrogen-bond donors (Lipinski definition) is 1. The highest BCUT2D eigenvalue weighted by molar-refractivity contribution is 5.99. The van der Waals surface area contributed by atoms with Crippen molar-refractivity contribution in [2.75, 3.05) is 0 Å². The average molecular weight is 272 g/mol. The molecule has 1 aliphatic rings. The van der Waals surface area contributed by atoms with Gasteiger partial charge in [-0.15, -0.1) is 0 Å². The molecule has 1 saturated heterocycles.